The van der Waals surface area contributed by atoms with E-state index in [-0.39, 0.29) is 37.1 Å². The van der Waals surface area contributed by atoms with E-state index in [4.69, 9.17) is 23.7 Å². The van der Waals surface area contributed by atoms with Crippen molar-refractivity contribution in [1.29, 1.82) is 0 Å². The van der Waals surface area contributed by atoms with Gasteiger partial charge >= 0.3 is 0 Å². The van der Waals surface area contributed by atoms with E-state index in [1.807, 2.05) is 27.7 Å². The van der Waals surface area contributed by atoms with E-state index in [2.05, 4.69) is 11.9 Å². The first-order chi connectivity index (χ1) is 15.4. The minimum absolute atomic E-state index is 0.0807. The van der Waals surface area contributed by atoms with Gasteiger partial charge in [0.2, 0.25) is 5.79 Å². The second-order valence-electron chi connectivity index (χ2n) is 9.68. The molecule has 0 aromatic heterocycles. The van der Waals surface area contributed by atoms with Crippen molar-refractivity contribution in [3.8, 4) is 0 Å². The standard InChI is InChI=1S/C24H41NO8/c1-14-11-24(31-8,33-16(3)15(14)2)21(27)22(28)25-12-17-9-19(26)23(4,5)20(32-17)10-18(30-7)13-29-6/h12,15-16,18-21,26-27H,1,9-11,13H2,2-8H3,(H,25,28). The number of aliphatic hydroxyl groups is 2. The van der Waals surface area contributed by atoms with Crippen LogP contribution in [0.5, 0.6) is 0 Å². The lowest BCUT2D eigenvalue weighted by molar-refractivity contribution is -0.297. The van der Waals surface area contributed by atoms with Crippen molar-refractivity contribution in [3.05, 3.63) is 24.1 Å². The van der Waals surface area contributed by atoms with Gasteiger partial charge in [0.15, 0.2) is 6.10 Å². The molecule has 9 nitrogen and oxygen atoms in total. The van der Waals surface area contributed by atoms with E-state index in [0.29, 0.717) is 18.8 Å². The number of carbonyl (C=O) groups is 1. The van der Waals surface area contributed by atoms with Crippen LogP contribution in [0.3, 0.4) is 0 Å². The summed E-state index contributed by atoms with van der Waals surface area (Å²) in [6, 6.07) is 0. The summed E-state index contributed by atoms with van der Waals surface area (Å²) in [6.45, 7) is 12.1. The highest BCUT2D eigenvalue weighted by Crippen LogP contribution is 2.40. The van der Waals surface area contributed by atoms with Gasteiger partial charge in [0.1, 0.15) is 11.9 Å². The molecule has 9 heteroatoms. The summed E-state index contributed by atoms with van der Waals surface area (Å²) in [5.41, 5.74) is 0.308. The molecule has 0 aliphatic carbocycles. The molecular weight excluding hydrogens is 430 g/mol. The van der Waals surface area contributed by atoms with Crippen LogP contribution in [0.15, 0.2) is 24.1 Å². The summed E-state index contributed by atoms with van der Waals surface area (Å²) in [5.74, 6) is -1.73. The third-order valence-electron chi connectivity index (χ3n) is 7.13. The minimum atomic E-state index is -1.59. The van der Waals surface area contributed by atoms with E-state index in [1.165, 1.54) is 13.3 Å². The SMILES string of the molecule is C=C1CC(OC)(C(O)C(=O)NC=C2CC(O)C(C)(C)C(CC(COC)OC)O2)OC(C)C1C. The summed E-state index contributed by atoms with van der Waals surface area (Å²) in [5, 5.41) is 24.1. The van der Waals surface area contributed by atoms with Gasteiger partial charge in [0.25, 0.3) is 5.91 Å². The second-order valence-corrected chi connectivity index (χ2v) is 9.68. The van der Waals surface area contributed by atoms with Crippen LogP contribution >= 0.6 is 0 Å². The molecular formula is C24H41NO8. The first-order valence-corrected chi connectivity index (χ1v) is 11.4. The maximum absolute atomic E-state index is 12.8. The fourth-order valence-electron chi connectivity index (χ4n) is 4.24. The van der Waals surface area contributed by atoms with Crippen LogP contribution in [0.1, 0.15) is 47.0 Å². The van der Waals surface area contributed by atoms with Crippen molar-refractivity contribution in [2.75, 3.05) is 27.9 Å². The van der Waals surface area contributed by atoms with E-state index < -0.39 is 29.3 Å². The lowest BCUT2D eigenvalue weighted by Gasteiger charge is -2.45. The molecule has 33 heavy (non-hydrogen) atoms. The van der Waals surface area contributed by atoms with Crippen LogP contribution in [0, 0.1) is 11.3 Å². The number of methoxy groups -OCH3 is 3. The zero-order chi connectivity index (χ0) is 25.0. The highest BCUT2D eigenvalue weighted by Gasteiger charge is 2.50. The summed E-state index contributed by atoms with van der Waals surface area (Å²) in [4.78, 5) is 12.8. The van der Waals surface area contributed by atoms with Gasteiger partial charge in [0.05, 0.1) is 24.9 Å². The molecule has 0 spiro atoms. The van der Waals surface area contributed by atoms with Gasteiger partial charge in [-0.05, 0) is 6.92 Å². The Balaban J connectivity index is 2.11. The van der Waals surface area contributed by atoms with E-state index >= 15 is 0 Å². The summed E-state index contributed by atoms with van der Waals surface area (Å²) < 4.78 is 28.1. The van der Waals surface area contributed by atoms with Crippen LogP contribution in [-0.2, 0) is 28.5 Å². The average molecular weight is 472 g/mol. The average Bonchev–Trinajstić information content (AvgIpc) is 2.77. The van der Waals surface area contributed by atoms with Crippen LogP contribution in [0.25, 0.3) is 0 Å². The fourth-order valence-corrected chi connectivity index (χ4v) is 4.24. The van der Waals surface area contributed by atoms with Gasteiger partial charge in [-0.3, -0.25) is 4.79 Å². The number of amides is 1. The predicted molar refractivity (Wildman–Crippen MR) is 122 cm³/mol. The van der Waals surface area contributed by atoms with Crippen molar-refractivity contribution in [2.45, 2.75) is 83.3 Å². The Bertz CT molecular complexity index is 723. The Kier molecular flexibility index (Phi) is 9.50. The van der Waals surface area contributed by atoms with Crippen molar-refractivity contribution in [1.82, 2.24) is 5.32 Å². The molecule has 2 saturated heterocycles. The van der Waals surface area contributed by atoms with Crippen molar-refractivity contribution < 1.29 is 38.7 Å². The van der Waals surface area contributed by atoms with Gasteiger partial charge in [-0.15, -0.1) is 0 Å². The number of carbonyl (C=O) groups excluding carboxylic acids is 1. The maximum atomic E-state index is 12.8. The lowest BCUT2D eigenvalue weighted by Crippen LogP contribution is -2.58. The molecule has 0 aromatic carbocycles. The largest absolute Gasteiger partial charge is 0.492 e. The molecule has 190 valence electrons. The normalized spacial score (nSPS) is 35.1. The first kappa shape index (κ1) is 27.8. The predicted octanol–water partition coefficient (Wildman–Crippen LogP) is 1.88. The Hall–Kier alpha value is -1.49. The molecule has 0 bridgehead atoms. The van der Waals surface area contributed by atoms with Gasteiger partial charge in [-0.2, -0.15) is 0 Å². The van der Waals surface area contributed by atoms with Gasteiger partial charge in [-0.25, -0.2) is 0 Å². The number of aliphatic hydroxyl groups excluding tert-OH is 2. The third kappa shape index (κ3) is 6.15. The molecule has 0 aromatic rings. The zero-order valence-corrected chi connectivity index (χ0v) is 20.9. The molecule has 3 N–H and O–H groups in total. The molecule has 0 radical (unpaired) electrons. The highest BCUT2D eigenvalue weighted by molar-refractivity contribution is 5.82. The number of hydrogen-bond acceptors (Lipinski definition) is 8. The topological polar surface area (TPSA) is 116 Å². The molecule has 0 saturated carbocycles. The van der Waals surface area contributed by atoms with E-state index in [0.717, 1.165) is 5.57 Å². The highest BCUT2D eigenvalue weighted by atomic mass is 16.7. The molecule has 2 fully saturated rings. The molecule has 2 rings (SSSR count). The Morgan fingerprint density at radius 1 is 1.33 bits per heavy atom. The van der Waals surface area contributed by atoms with Crippen molar-refractivity contribution >= 4 is 5.91 Å². The molecule has 2 aliphatic rings. The summed E-state index contributed by atoms with van der Waals surface area (Å²) in [7, 11) is 4.59. The van der Waals surface area contributed by atoms with E-state index in [1.54, 1.807) is 14.2 Å². The Morgan fingerprint density at radius 2 is 2.00 bits per heavy atom. The zero-order valence-electron chi connectivity index (χ0n) is 20.9. The lowest BCUT2D eigenvalue weighted by atomic mass is 9.75. The molecule has 1 amide bonds. The number of rotatable bonds is 9. The fraction of sp³-hybridized carbons (Fsp3) is 0.792. The van der Waals surface area contributed by atoms with Gasteiger partial charge in [0, 0.05) is 58.1 Å². The van der Waals surface area contributed by atoms with E-state index in [9.17, 15) is 15.0 Å². The molecule has 2 aliphatic heterocycles. The Labute approximate surface area is 197 Å². The molecule has 7 unspecified atom stereocenters. The van der Waals surface area contributed by atoms with Crippen LogP contribution in [0.2, 0.25) is 0 Å². The number of hydrogen-bond donors (Lipinski definition) is 3. The molecule has 7 atom stereocenters. The second kappa shape index (κ2) is 11.3. The van der Waals surface area contributed by atoms with Gasteiger partial charge < -0.3 is 39.2 Å². The first-order valence-electron chi connectivity index (χ1n) is 11.4. The summed E-state index contributed by atoms with van der Waals surface area (Å²) in [6.07, 6.45) is -0.829. The molecule has 2 heterocycles. The number of ether oxygens (including phenoxy) is 5. The van der Waals surface area contributed by atoms with Gasteiger partial charge in [-0.1, -0.05) is 32.9 Å². The van der Waals surface area contributed by atoms with Crippen molar-refractivity contribution in [2.24, 2.45) is 11.3 Å². The quantitative estimate of drug-likeness (QED) is 0.437. The van der Waals surface area contributed by atoms with Crippen molar-refractivity contribution in [3.63, 3.8) is 0 Å². The summed E-state index contributed by atoms with van der Waals surface area (Å²) >= 11 is 0. The van der Waals surface area contributed by atoms with Crippen LogP contribution < -0.4 is 5.32 Å². The number of nitrogens with one attached hydrogen (secondary N) is 1. The van der Waals surface area contributed by atoms with Crippen LogP contribution in [-0.4, -0.2) is 80.4 Å². The third-order valence-corrected chi connectivity index (χ3v) is 7.13. The minimum Gasteiger partial charge on any atom is -0.492 e. The van der Waals surface area contributed by atoms with Crippen LogP contribution in [0.4, 0.5) is 0 Å². The smallest absolute Gasteiger partial charge is 0.258 e. The monoisotopic (exact) mass is 471 g/mol. The maximum Gasteiger partial charge on any atom is 0.258 e. The Morgan fingerprint density at radius 3 is 2.55 bits per heavy atom.